The van der Waals surface area contributed by atoms with Crippen molar-refractivity contribution in [2.45, 2.75) is 6.42 Å². The van der Waals surface area contributed by atoms with Gasteiger partial charge in [-0.15, -0.1) is 0 Å². The Morgan fingerprint density at radius 3 is 1.33 bits per heavy atom. The van der Waals surface area contributed by atoms with E-state index in [9.17, 15) is 4.79 Å². The van der Waals surface area contributed by atoms with Crippen LogP contribution in [0, 0.1) is 0 Å². The summed E-state index contributed by atoms with van der Waals surface area (Å²) in [6, 6.07) is 0. The highest BCUT2D eigenvalue weighted by molar-refractivity contribution is 9.09. The molecule has 0 spiro atoms. The lowest BCUT2D eigenvalue weighted by Crippen LogP contribution is -2.13. The van der Waals surface area contributed by atoms with E-state index in [4.69, 9.17) is 28.8 Å². The first-order chi connectivity index (χ1) is 10.3. The third-order valence-corrected chi connectivity index (χ3v) is 2.49. The summed E-state index contributed by atoms with van der Waals surface area (Å²) in [6.45, 7) is 4.94. The second-order valence-electron chi connectivity index (χ2n) is 3.89. The van der Waals surface area contributed by atoms with Gasteiger partial charge >= 0.3 is 5.97 Å². The van der Waals surface area contributed by atoms with Gasteiger partial charge in [0, 0.05) is 5.33 Å². The molecule has 7 nitrogen and oxygen atoms in total. The Morgan fingerprint density at radius 1 is 0.667 bits per heavy atom. The van der Waals surface area contributed by atoms with Crippen molar-refractivity contribution in [2.24, 2.45) is 0 Å². The lowest BCUT2D eigenvalue weighted by Gasteiger charge is -2.07. The molecule has 8 heteroatoms. The van der Waals surface area contributed by atoms with Gasteiger partial charge in [0.25, 0.3) is 0 Å². The smallest absolute Gasteiger partial charge is 0.305 e. The minimum Gasteiger partial charge on any atom is -0.481 e. The molecule has 0 aliphatic heterocycles. The maximum atomic E-state index is 10.2. The Labute approximate surface area is 134 Å². The largest absolute Gasteiger partial charge is 0.481 e. The molecule has 0 aliphatic carbocycles. The fourth-order valence-corrected chi connectivity index (χ4v) is 1.42. The maximum absolute atomic E-state index is 10.2. The van der Waals surface area contributed by atoms with Crippen LogP contribution in [-0.2, 0) is 28.5 Å². The topological polar surface area (TPSA) is 83.5 Å². The van der Waals surface area contributed by atoms with Crippen LogP contribution in [0.25, 0.3) is 0 Å². The van der Waals surface area contributed by atoms with Crippen molar-refractivity contribution in [3.63, 3.8) is 0 Å². The van der Waals surface area contributed by atoms with Gasteiger partial charge in [0.1, 0.15) is 0 Å². The molecule has 126 valence electrons. The molecule has 0 aliphatic rings. The minimum absolute atomic E-state index is 0.0181. The second kappa shape index (κ2) is 17.8. The first kappa shape index (κ1) is 20.8. The summed E-state index contributed by atoms with van der Waals surface area (Å²) in [6.07, 6.45) is 0.0181. The normalized spacial score (nSPS) is 10.9. The third kappa shape index (κ3) is 19.8. The Balaban J connectivity index is 2.95. The monoisotopic (exact) mass is 372 g/mol. The number of hydrogen-bond acceptors (Lipinski definition) is 6. The van der Waals surface area contributed by atoms with E-state index < -0.39 is 5.97 Å². The molecule has 0 saturated carbocycles. The van der Waals surface area contributed by atoms with Gasteiger partial charge in [-0.2, -0.15) is 0 Å². The number of alkyl halides is 1. The molecular formula is C13H25BrO7. The predicted octanol–water partition coefficient (Wildman–Crippen LogP) is 0.939. The summed E-state index contributed by atoms with van der Waals surface area (Å²) in [5.41, 5.74) is 0. The highest BCUT2D eigenvalue weighted by Gasteiger charge is 1.96. The molecule has 0 heterocycles. The van der Waals surface area contributed by atoms with E-state index in [0.29, 0.717) is 59.5 Å². The lowest BCUT2D eigenvalue weighted by molar-refractivity contribution is -0.138. The molecule has 0 unspecified atom stereocenters. The standard InChI is InChI=1S/C13H25BrO7/c14-2-4-18-6-8-20-10-12-21-11-9-19-7-5-17-3-1-13(15)16/h1-12H2,(H,15,16). The van der Waals surface area contributed by atoms with E-state index in [1.807, 2.05) is 0 Å². The molecule has 1 N–H and O–H groups in total. The molecule has 0 radical (unpaired) electrons. The van der Waals surface area contributed by atoms with Gasteiger partial charge in [-0.3, -0.25) is 4.79 Å². The van der Waals surface area contributed by atoms with Crippen LogP contribution in [0.15, 0.2) is 0 Å². The molecule has 0 bridgehead atoms. The number of ether oxygens (including phenoxy) is 5. The first-order valence-electron chi connectivity index (χ1n) is 6.94. The predicted molar refractivity (Wildman–Crippen MR) is 80.1 cm³/mol. The summed E-state index contributed by atoms with van der Waals surface area (Å²) < 4.78 is 26.1. The fourth-order valence-electron chi connectivity index (χ4n) is 1.20. The van der Waals surface area contributed by atoms with Gasteiger partial charge in [0.15, 0.2) is 0 Å². The third-order valence-electron chi connectivity index (χ3n) is 2.17. The van der Waals surface area contributed by atoms with Crippen LogP contribution in [0.3, 0.4) is 0 Å². The van der Waals surface area contributed by atoms with Crippen LogP contribution in [-0.4, -0.2) is 82.5 Å². The highest BCUT2D eigenvalue weighted by atomic mass is 79.9. The molecule has 0 aromatic heterocycles. The van der Waals surface area contributed by atoms with Crippen LogP contribution in [0.5, 0.6) is 0 Å². The molecule has 0 aromatic rings. The van der Waals surface area contributed by atoms with Crippen molar-refractivity contribution in [3.05, 3.63) is 0 Å². The summed E-state index contributed by atoms with van der Waals surface area (Å²) in [4.78, 5) is 10.2. The average Bonchev–Trinajstić information content (AvgIpc) is 2.46. The Morgan fingerprint density at radius 2 is 1.00 bits per heavy atom. The van der Waals surface area contributed by atoms with Gasteiger partial charge in [-0.05, 0) is 0 Å². The molecule has 0 aromatic carbocycles. The van der Waals surface area contributed by atoms with Crippen molar-refractivity contribution in [2.75, 3.05) is 71.4 Å². The van der Waals surface area contributed by atoms with E-state index in [1.54, 1.807) is 0 Å². The van der Waals surface area contributed by atoms with Crippen LogP contribution < -0.4 is 0 Å². The van der Waals surface area contributed by atoms with Gasteiger partial charge in [-0.1, -0.05) is 15.9 Å². The second-order valence-corrected chi connectivity index (χ2v) is 4.69. The number of aliphatic carboxylic acids is 1. The van der Waals surface area contributed by atoms with E-state index in [-0.39, 0.29) is 13.0 Å². The first-order valence-corrected chi connectivity index (χ1v) is 8.06. The number of halogens is 1. The maximum Gasteiger partial charge on any atom is 0.305 e. The fraction of sp³-hybridized carbons (Fsp3) is 0.923. The number of rotatable bonds is 17. The molecule has 0 fully saturated rings. The van der Waals surface area contributed by atoms with Gasteiger partial charge in [-0.25, -0.2) is 0 Å². The molecule has 0 amide bonds. The lowest BCUT2D eigenvalue weighted by atomic mass is 10.5. The van der Waals surface area contributed by atoms with E-state index in [1.165, 1.54) is 0 Å². The van der Waals surface area contributed by atoms with E-state index in [2.05, 4.69) is 15.9 Å². The van der Waals surface area contributed by atoms with Crippen LogP contribution in [0.2, 0.25) is 0 Å². The molecule has 0 rings (SSSR count). The molecule has 0 saturated heterocycles. The zero-order chi connectivity index (χ0) is 15.6. The minimum atomic E-state index is -0.860. The Bertz CT molecular complexity index is 229. The van der Waals surface area contributed by atoms with Crippen molar-refractivity contribution in [1.29, 1.82) is 0 Å². The van der Waals surface area contributed by atoms with Gasteiger partial charge in [0.05, 0.1) is 72.5 Å². The zero-order valence-electron chi connectivity index (χ0n) is 12.3. The van der Waals surface area contributed by atoms with Crippen molar-refractivity contribution in [1.82, 2.24) is 0 Å². The summed E-state index contributed by atoms with van der Waals surface area (Å²) in [5, 5.41) is 9.22. The Kier molecular flexibility index (Phi) is 17.6. The quantitative estimate of drug-likeness (QED) is 0.300. The van der Waals surface area contributed by atoms with Crippen molar-refractivity contribution < 1.29 is 33.6 Å². The van der Waals surface area contributed by atoms with Crippen LogP contribution in [0.4, 0.5) is 0 Å². The average molecular weight is 373 g/mol. The molecular weight excluding hydrogens is 348 g/mol. The van der Waals surface area contributed by atoms with Crippen molar-refractivity contribution >= 4 is 21.9 Å². The summed E-state index contributed by atoms with van der Waals surface area (Å²) >= 11 is 3.27. The zero-order valence-corrected chi connectivity index (χ0v) is 13.8. The Hall–Kier alpha value is -0.250. The van der Waals surface area contributed by atoms with Crippen molar-refractivity contribution in [3.8, 4) is 0 Å². The van der Waals surface area contributed by atoms with E-state index >= 15 is 0 Å². The van der Waals surface area contributed by atoms with Gasteiger partial charge in [0.2, 0.25) is 0 Å². The number of hydrogen-bond donors (Lipinski definition) is 1. The summed E-state index contributed by atoms with van der Waals surface area (Å²) in [7, 11) is 0. The highest BCUT2D eigenvalue weighted by Crippen LogP contribution is 1.86. The van der Waals surface area contributed by atoms with Crippen LogP contribution in [0.1, 0.15) is 6.42 Å². The number of carboxylic acids is 1. The number of carboxylic acid groups (broad SMARTS) is 1. The summed E-state index contributed by atoms with van der Waals surface area (Å²) in [5.74, 6) is -0.860. The molecule has 21 heavy (non-hydrogen) atoms. The van der Waals surface area contributed by atoms with Crippen LogP contribution >= 0.6 is 15.9 Å². The SMILES string of the molecule is O=C(O)CCOCCOCCOCCOCCOCCBr. The van der Waals surface area contributed by atoms with Gasteiger partial charge < -0.3 is 28.8 Å². The van der Waals surface area contributed by atoms with E-state index in [0.717, 1.165) is 5.33 Å². The number of carbonyl (C=O) groups is 1. The molecule has 0 atom stereocenters.